The fourth-order valence-electron chi connectivity index (χ4n) is 2.59. The zero-order valence-electron chi connectivity index (χ0n) is 13.0. The molecule has 1 aromatic rings. The molecular formula is C11H18N2O10S3. The average molecular weight is 434 g/mol. The van der Waals surface area contributed by atoms with E-state index in [4.69, 9.17) is 35.8 Å². The molecule has 0 saturated heterocycles. The Morgan fingerprint density at radius 3 is 2.23 bits per heavy atom. The van der Waals surface area contributed by atoms with Crippen LogP contribution in [0.2, 0.25) is 0 Å². The lowest BCUT2D eigenvalue weighted by molar-refractivity contribution is -0.315. The number of primary sulfonamides is 1. The van der Waals surface area contributed by atoms with Gasteiger partial charge in [0.15, 0.2) is 9.84 Å². The number of aliphatic hydroxyl groups is 6. The molecule has 1 aromatic heterocycles. The molecule has 1 aliphatic heterocycles. The molecular weight excluding hydrogens is 416 g/mol. The second-order valence-electron chi connectivity index (χ2n) is 5.94. The summed E-state index contributed by atoms with van der Waals surface area (Å²) in [4.78, 5) is 0. The summed E-state index contributed by atoms with van der Waals surface area (Å²) in [6, 6.07) is -0.0167. The van der Waals surface area contributed by atoms with Crippen molar-refractivity contribution in [3.05, 3.63) is 11.6 Å². The Balaban J connectivity index is 2.52. The summed E-state index contributed by atoms with van der Waals surface area (Å²) in [7, 11) is -8.49. The third-order valence-electron chi connectivity index (χ3n) is 3.64. The molecule has 2 rings (SSSR count). The minimum atomic E-state index is -4.25. The quantitative estimate of drug-likeness (QED) is 0.203. The first-order valence-corrected chi connectivity index (χ1v) is 10.9. The van der Waals surface area contributed by atoms with E-state index in [9.17, 15) is 16.8 Å². The van der Waals surface area contributed by atoms with E-state index < -0.39 is 64.5 Å². The van der Waals surface area contributed by atoms with Gasteiger partial charge in [-0.2, -0.15) is 0 Å². The van der Waals surface area contributed by atoms with Gasteiger partial charge in [-0.25, -0.2) is 22.0 Å². The highest BCUT2D eigenvalue weighted by atomic mass is 32.3. The maximum Gasteiger partial charge on any atom is 0.288 e. The molecule has 0 fully saturated rings. The van der Waals surface area contributed by atoms with Gasteiger partial charge in [0.2, 0.25) is 10.0 Å². The van der Waals surface area contributed by atoms with Crippen molar-refractivity contribution >= 4 is 31.2 Å². The number of rotatable bonds is 6. The van der Waals surface area contributed by atoms with E-state index in [2.05, 4.69) is 5.32 Å². The maximum absolute atomic E-state index is 12.6. The predicted octanol–water partition coefficient (Wildman–Crippen LogP) is -3.78. The molecule has 0 bridgehead atoms. The number of hydrogen-bond donors (Lipinski definition) is 8. The van der Waals surface area contributed by atoms with Crippen LogP contribution >= 0.6 is 11.3 Å². The van der Waals surface area contributed by atoms with Crippen molar-refractivity contribution in [3.8, 4) is 0 Å². The molecule has 0 radical (unpaired) electrons. The van der Waals surface area contributed by atoms with Gasteiger partial charge in [-0.3, -0.25) is 0 Å². The monoisotopic (exact) mass is 434 g/mol. The highest BCUT2D eigenvalue weighted by Crippen LogP contribution is 2.44. The van der Waals surface area contributed by atoms with E-state index >= 15 is 0 Å². The molecule has 1 aliphatic rings. The summed E-state index contributed by atoms with van der Waals surface area (Å²) < 4.78 is 47.4. The van der Waals surface area contributed by atoms with Crippen molar-refractivity contribution < 1.29 is 47.5 Å². The summed E-state index contributed by atoms with van der Waals surface area (Å²) in [5.74, 6) is -6.42. The van der Waals surface area contributed by atoms with Crippen molar-refractivity contribution in [2.45, 2.75) is 44.5 Å². The van der Waals surface area contributed by atoms with Gasteiger partial charge in [0.25, 0.3) is 11.9 Å². The lowest BCUT2D eigenvalue weighted by atomic mass is 10.0. The molecule has 12 nitrogen and oxygen atoms in total. The molecule has 0 saturated carbocycles. The van der Waals surface area contributed by atoms with E-state index in [-0.39, 0.29) is 12.0 Å². The fourth-order valence-corrected chi connectivity index (χ4v) is 7.31. The molecule has 15 heteroatoms. The van der Waals surface area contributed by atoms with Crippen molar-refractivity contribution in [2.75, 3.05) is 6.54 Å². The fraction of sp³-hybridized carbons (Fsp3) is 0.636. The van der Waals surface area contributed by atoms with Crippen LogP contribution in [0.3, 0.4) is 0 Å². The van der Waals surface area contributed by atoms with Gasteiger partial charge in [-0.05, 0) is 12.5 Å². The van der Waals surface area contributed by atoms with Gasteiger partial charge >= 0.3 is 0 Å². The first-order chi connectivity index (χ1) is 11.5. The summed E-state index contributed by atoms with van der Waals surface area (Å²) in [5, 5.41) is 60.2. The van der Waals surface area contributed by atoms with Crippen LogP contribution in [0.5, 0.6) is 0 Å². The second kappa shape index (κ2) is 6.71. The van der Waals surface area contributed by atoms with E-state index in [1.54, 1.807) is 0 Å². The Morgan fingerprint density at radius 2 is 1.77 bits per heavy atom. The zero-order chi connectivity index (χ0) is 20.1. The first-order valence-electron chi connectivity index (χ1n) is 6.99. The molecule has 2 heterocycles. The Labute approximate surface area is 152 Å². The van der Waals surface area contributed by atoms with Gasteiger partial charge in [-0.1, -0.05) is 0 Å². The van der Waals surface area contributed by atoms with Gasteiger partial charge in [0.05, 0.1) is 11.8 Å². The third kappa shape index (κ3) is 4.96. The molecule has 2 atom stereocenters. The van der Waals surface area contributed by atoms with Crippen molar-refractivity contribution in [3.63, 3.8) is 0 Å². The van der Waals surface area contributed by atoms with Gasteiger partial charge in [0.1, 0.15) is 8.42 Å². The predicted molar refractivity (Wildman–Crippen MR) is 85.4 cm³/mol. The Bertz CT molecular complexity index is 878. The van der Waals surface area contributed by atoms with E-state index in [1.165, 1.54) is 0 Å². The van der Waals surface area contributed by atoms with Crippen LogP contribution in [0.25, 0.3) is 0 Å². The number of sulfone groups is 1. The second-order valence-corrected chi connectivity index (χ2v) is 11.2. The van der Waals surface area contributed by atoms with Crippen LogP contribution in [0.1, 0.15) is 24.4 Å². The summed E-state index contributed by atoms with van der Waals surface area (Å²) in [6.45, 7) is -0.826. The van der Waals surface area contributed by atoms with Crippen LogP contribution in [0.4, 0.5) is 0 Å². The summed E-state index contributed by atoms with van der Waals surface area (Å²) in [5.41, 5.74) is -0.0426. The molecule has 9 N–H and O–H groups in total. The van der Waals surface area contributed by atoms with Crippen LogP contribution in [-0.2, 0) is 19.9 Å². The van der Waals surface area contributed by atoms with Crippen LogP contribution in [-0.4, -0.2) is 71.2 Å². The standard InChI is InChI=1S/C11H18N2O10S3/c12-26(22,23)8-2-6-7(13-4-11(17,18)19)1-5(3-10(14,15)16)25(20,21)9(6)24-8/h2,5,7,13-19H,1,3-4H2,(H2,12,22,23). The molecule has 0 spiro atoms. The normalized spacial score (nSPS) is 23.7. The number of hydrogen-bond acceptors (Lipinski definition) is 12. The molecule has 2 unspecified atom stereocenters. The minimum absolute atomic E-state index is 0.0426. The highest BCUT2D eigenvalue weighted by Gasteiger charge is 2.45. The summed E-state index contributed by atoms with van der Waals surface area (Å²) >= 11 is 0.343. The van der Waals surface area contributed by atoms with Crippen molar-refractivity contribution in [2.24, 2.45) is 5.14 Å². The minimum Gasteiger partial charge on any atom is -0.344 e. The van der Waals surface area contributed by atoms with Crippen LogP contribution in [0, 0.1) is 0 Å². The number of sulfonamides is 1. The van der Waals surface area contributed by atoms with Gasteiger partial charge in [0, 0.05) is 18.0 Å². The number of nitrogens with two attached hydrogens (primary N) is 1. The van der Waals surface area contributed by atoms with Crippen LogP contribution < -0.4 is 10.5 Å². The maximum atomic E-state index is 12.6. The summed E-state index contributed by atoms with van der Waals surface area (Å²) in [6.07, 6.45) is -1.38. The molecule has 0 amide bonds. The highest BCUT2D eigenvalue weighted by molar-refractivity contribution is 7.95. The van der Waals surface area contributed by atoms with E-state index in [1.807, 2.05) is 0 Å². The zero-order valence-corrected chi connectivity index (χ0v) is 15.4. The number of thiophene rings is 1. The molecule has 0 aliphatic carbocycles. The average Bonchev–Trinajstić information content (AvgIpc) is 2.84. The number of nitrogens with one attached hydrogen (secondary N) is 1. The number of fused-ring (bicyclic) bond motifs is 1. The smallest absolute Gasteiger partial charge is 0.288 e. The van der Waals surface area contributed by atoms with Gasteiger partial charge < -0.3 is 36.0 Å². The Morgan fingerprint density at radius 1 is 1.19 bits per heavy atom. The van der Waals surface area contributed by atoms with E-state index in [0.717, 1.165) is 6.07 Å². The van der Waals surface area contributed by atoms with E-state index in [0.29, 0.717) is 11.3 Å². The SMILES string of the molecule is NS(=O)(=O)c1cc2c(s1)S(=O)(=O)C(CC(O)(O)O)CC2NCC(O)(O)O. The van der Waals surface area contributed by atoms with Crippen molar-refractivity contribution in [1.82, 2.24) is 5.32 Å². The first kappa shape index (κ1) is 21.6. The molecule has 0 aromatic carbocycles. The Kier molecular flexibility index (Phi) is 5.57. The third-order valence-corrected chi connectivity index (χ3v) is 8.94. The van der Waals surface area contributed by atoms with Gasteiger partial charge in [-0.15, -0.1) is 11.3 Å². The molecule has 26 heavy (non-hydrogen) atoms. The largest absolute Gasteiger partial charge is 0.344 e. The Hall–Kier alpha value is -0.720. The molecule has 150 valence electrons. The lowest BCUT2D eigenvalue weighted by Crippen LogP contribution is -2.45. The van der Waals surface area contributed by atoms with Crippen LogP contribution in [0.15, 0.2) is 14.5 Å². The van der Waals surface area contributed by atoms with Crippen molar-refractivity contribution in [1.29, 1.82) is 0 Å². The lowest BCUT2D eigenvalue weighted by Gasteiger charge is -2.32. The topological polar surface area (TPSA) is 228 Å².